The summed E-state index contributed by atoms with van der Waals surface area (Å²) in [7, 11) is -1.32. The molecule has 0 saturated carbocycles. The average molecular weight is 336 g/mol. The molecule has 23 heavy (non-hydrogen) atoms. The van der Waals surface area contributed by atoms with Gasteiger partial charge in [0.05, 0.1) is 28.7 Å². The second kappa shape index (κ2) is 5.02. The molecule has 6 heteroatoms. The molecule has 1 aromatic carbocycles. The number of likely N-dealkylation sites (tertiary alicyclic amines) is 1. The number of rotatable bonds is 2. The van der Waals surface area contributed by atoms with Crippen LogP contribution < -0.4 is 0 Å². The SMILES string of the molecule is Cc1ccc(S(=O)(=O)N2C3C(C)OC4(CCN(C)CC4)C32)cc1. The van der Waals surface area contributed by atoms with Crippen LogP contribution in [0.1, 0.15) is 25.3 Å². The van der Waals surface area contributed by atoms with Crippen molar-refractivity contribution in [3.8, 4) is 0 Å². The molecule has 3 fully saturated rings. The Labute approximate surface area is 138 Å². The van der Waals surface area contributed by atoms with E-state index in [2.05, 4.69) is 11.9 Å². The van der Waals surface area contributed by atoms with Crippen LogP contribution in [-0.2, 0) is 14.8 Å². The molecule has 5 nitrogen and oxygen atoms in total. The van der Waals surface area contributed by atoms with Gasteiger partial charge >= 0.3 is 0 Å². The highest BCUT2D eigenvalue weighted by molar-refractivity contribution is 7.89. The molecule has 0 bridgehead atoms. The summed E-state index contributed by atoms with van der Waals surface area (Å²) in [5, 5.41) is 0. The first-order valence-electron chi connectivity index (χ1n) is 8.32. The quantitative estimate of drug-likeness (QED) is 0.770. The third-order valence-corrected chi connectivity index (χ3v) is 7.57. The maximum atomic E-state index is 13.0. The van der Waals surface area contributed by atoms with Crippen LogP contribution in [0.3, 0.4) is 0 Å². The highest BCUT2D eigenvalue weighted by Gasteiger charge is 2.72. The van der Waals surface area contributed by atoms with Crippen LogP contribution in [-0.4, -0.2) is 61.5 Å². The zero-order valence-electron chi connectivity index (χ0n) is 13.9. The molecule has 1 aromatic rings. The van der Waals surface area contributed by atoms with E-state index in [1.165, 1.54) is 0 Å². The molecule has 0 aromatic heterocycles. The third kappa shape index (κ3) is 2.27. The van der Waals surface area contributed by atoms with Crippen LogP contribution in [0.4, 0.5) is 0 Å². The number of nitrogens with zero attached hydrogens (tertiary/aromatic N) is 2. The topological polar surface area (TPSA) is 49.6 Å². The highest BCUT2D eigenvalue weighted by Crippen LogP contribution is 2.55. The maximum Gasteiger partial charge on any atom is 0.243 e. The van der Waals surface area contributed by atoms with Crippen molar-refractivity contribution in [2.24, 2.45) is 0 Å². The Bertz CT molecular complexity index is 708. The number of fused-ring (bicyclic) bond motifs is 2. The molecule has 3 aliphatic rings. The minimum Gasteiger partial charge on any atom is -0.368 e. The predicted molar refractivity (Wildman–Crippen MR) is 87.8 cm³/mol. The first-order valence-corrected chi connectivity index (χ1v) is 9.76. The normalized spacial score (nSPS) is 36.1. The van der Waals surface area contributed by atoms with E-state index in [0.29, 0.717) is 4.90 Å². The van der Waals surface area contributed by atoms with Crippen molar-refractivity contribution < 1.29 is 13.2 Å². The van der Waals surface area contributed by atoms with Crippen LogP contribution in [0, 0.1) is 6.92 Å². The molecule has 4 rings (SSSR count). The van der Waals surface area contributed by atoms with Crippen LogP contribution in [0.5, 0.6) is 0 Å². The molecule has 126 valence electrons. The average Bonchev–Trinajstić information content (AvgIpc) is 3.22. The van der Waals surface area contributed by atoms with Gasteiger partial charge in [0.2, 0.25) is 10.0 Å². The zero-order valence-corrected chi connectivity index (χ0v) is 14.7. The minimum atomic E-state index is -3.42. The Hall–Kier alpha value is -0.950. The van der Waals surface area contributed by atoms with Crippen LogP contribution >= 0.6 is 0 Å². The van der Waals surface area contributed by atoms with Gasteiger partial charge in [-0.05, 0) is 45.9 Å². The first-order chi connectivity index (χ1) is 10.8. The molecule has 4 atom stereocenters. The van der Waals surface area contributed by atoms with Crippen molar-refractivity contribution in [1.29, 1.82) is 0 Å². The largest absolute Gasteiger partial charge is 0.368 e. The van der Waals surface area contributed by atoms with Gasteiger partial charge in [-0.3, -0.25) is 0 Å². The van der Waals surface area contributed by atoms with Crippen LogP contribution in [0.15, 0.2) is 29.2 Å². The Kier molecular flexibility index (Phi) is 3.40. The Morgan fingerprint density at radius 2 is 1.78 bits per heavy atom. The lowest BCUT2D eigenvalue weighted by Crippen LogP contribution is -2.49. The van der Waals surface area contributed by atoms with E-state index in [1.807, 2.05) is 26.0 Å². The van der Waals surface area contributed by atoms with Crippen molar-refractivity contribution in [2.45, 2.75) is 55.4 Å². The molecule has 0 N–H and O–H groups in total. The number of hydrogen-bond acceptors (Lipinski definition) is 4. The molecule has 3 heterocycles. The van der Waals surface area contributed by atoms with Crippen molar-refractivity contribution in [1.82, 2.24) is 9.21 Å². The predicted octanol–water partition coefficient (Wildman–Crippen LogP) is 1.62. The summed E-state index contributed by atoms with van der Waals surface area (Å²) in [6, 6.07) is 7.16. The standard InChI is InChI=1S/C17H24N2O3S/c1-12-4-6-14(7-5-12)23(20,21)19-15-13(2)22-17(16(15)19)8-10-18(3)11-9-17/h4-7,13,15-16H,8-11H2,1-3H3. The van der Waals surface area contributed by atoms with E-state index < -0.39 is 10.0 Å². The van der Waals surface area contributed by atoms with Crippen molar-refractivity contribution in [3.05, 3.63) is 29.8 Å². The van der Waals surface area contributed by atoms with E-state index in [4.69, 9.17) is 4.74 Å². The van der Waals surface area contributed by atoms with E-state index in [9.17, 15) is 8.42 Å². The number of ether oxygens (including phenoxy) is 1. The summed E-state index contributed by atoms with van der Waals surface area (Å²) in [4.78, 5) is 2.68. The number of benzene rings is 1. The molecular formula is C17H24N2O3S. The van der Waals surface area contributed by atoms with Crippen LogP contribution in [0.25, 0.3) is 0 Å². The minimum absolute atomic E-state index is 0.00436. The lowest BCUT2D eigenvalue weighted by Gasteiger charge is -2.40. The fourth-order valence-corrected chi connectivity index (χ4v) is 6.19. The third-order valence-electron chi connectivity index (χ3n) is 5.67. The van der Waals surface area contributed by atoms with Gasteiger partial charge in [-0.15, -0.1) is 0 Å². The molecule has 0 amide bonds. The fourth-order valence-electron chi connectivity index (χ4n) is 4.30. The van der Waals surface area contributed by atoms with E-state index >= 15 is 0 Å². The lowest BCUT2D eigenvalue weighted by atomic mass is 9.88. The first kappa shape index (κ1) is 15.6. The summed E-state index contributed by atoms with van der Waals surface area (Å²) >= 11 is 0. The Morgan fingerprint density at radius 3 is 2.39 bits per heavy atom. The monoisotopic (exact) mass is 336 g/mol. The summed E-state index contributed by atoms with van der Waals surface area (Å²) < 4.78 is 34.0. The smallest absolute Gasteiger partial charge is 0.243 e. The lowest BCUT2D eigenvalue weighted by molar-refractivity contribution is -0.0951. The van der Waals surface area contributed by atoms with Gasteiger partial charge in [0, 0.05) is 13.1 Å². The molecule has 3 aliphatic heterocycles. The summed E-state index contributed by atoms with van der Waals surface area (Å²) in [6.07, 6.45) is 1.80. The molecule has 1 spiro atoms. The van der Waals surface area contributed by atoms with Crippen molar-refractivity contribution in [2.75, 3.05) is 20.1 Å². The highest BCUT2D eigenvalue weighted by atomic mass is 32.2. The summed E-state index contributed by atoms with van der Waals surface area (Å²) in [5.41, 5.74) is 0.785. The maximum absolute atomic E-state index is 13.0. The molecule has 3 saturated heterocycles. The van der Waals surface area contributed by atoms with E-state index in [1.54, 1.807) is 16.4 Å². The van der Waals surface area contributed by atoms with Gasteiger partial charge in [0.15, 0.2) is 0 Å². The zero-order chi connectivity index (χ0) is 16.4. The van der Waals surface area contributed by atoms with E-state index in [-0.39, 0.29) is 23.8 Å². The molecule has 0 radical (unpaired) electrons. The molecule has 4 unspecified atom stereocenters. The fraction of sp³-hybridized carbons (Fsp3) is 0.647. The van der Waals surface area contributed by atoms with Gasteiger partial charge in [-0.1, -0.05) is 17.7 Å². The summed E-state index contributed by atoms with van der Waals surface area (Å²) in [5.74, 6) is 0. The van der Waals surface area contributed by atoms with Gasteiger partial charge in [0.1, 0.15) is 0 Å². The number of piperidine rings is 1. The number of sulfonamides is 1. The second-order valence-electron chi connectivity index (χ2n) is 7.27. The summed E-state index contributed by atoms with van der Waals surface area (Å²) in [6.45, 7) is 5.91. The van der Waals surface area contributed by atoms with Gasteiger partial charge < -0.3 is 9.64 Å². The molecule has 0 aliphatic carbocycles. The van der Waals surface area contributed by atoms with Crippen molar-refractivity contribution >= 4 is 10.0 Å². The number of hydrogen-bond donors (Lipinski definition) is 0. The number of morpholine rings is 1. The van der Waals surface area contributed by atoms with Crippen LogP contribution in [0.2, 0.25) is 0 Å². The van der Waals surface area contributed by atoms with Crippen molar-refractivity contribution in [3.63, 3.8) is 0 Å². The molecular weight excluding hydrogens is 312 g/mol. The van der Waals surface area contributed by atoms with Gasteiger partial charge in [0.25, 0.3) is 0 Å². The number of aryl methyl sites for hydroxylation is 1. The van der Waals surface area contributed by atoms with Gasteiger partial charge in [-0.2, -0.15) is 4.31 Å². The second-order valence-corrected chi connectivity index (χ2v) is 9.12. The Balaban J connectivity index is 1.63. The van der Waals surface area contributed by atoms with Gasteiger partial charge in [-0.25, -0.2) is 8.42 Å². The Morgan fingerprint density at radius 1 is 1.17 bits per heavy atom. The van der Waals surface area contributed by atoms with E-state index in [0.717, 1.165) is 31.5 Å².